The zero-order valence-electron chi connectivity index (χ0n) is 10.1. The highest BCUT2D eigenvalue weighted by atomic mass is 16.5. The van der Waals surface area contributed by atoms with E-state index in [9.17, 15) is 0 Å². The number of hydrogen-bond donors (Lipinski definition) is 1. The highest BCUT2D eigenvalue weighted by molar-refractivity contribution is 5.88. The van der Waals surface area contributed by atoms with Gasteiger partial charge in [-0.05, 0) is 36.2 Å². The maximum atomic E-state index is 5.53. The molecule has 0 spiro atoms. The fourth-order valence-electron chi connectivity index (χ4n) is 2.74. The lowest BCUT2D eigenvalue weighted by molar-refractivity contribution is 0.404. The van der Waals surface area contributed by atoms with Gasteiger partial charge in [0.2, 0.25) is 0 Å². The molecular weight excluding hydrogens is 210 g/mol. The van der Waals surface area contributed by atoms with Gasteiger partial charge in [0.05, 0.1) is 7.11 Å². The molecule has 0 saturated carbocycles. The molecule has 88 valence electrons. The molecular formula is C15H17NO. The summed E-state index contributed by atoms with van der Waals surface area (Å²) in [5.74, 6) is 1.00. The van der Waals surface area contributed by atoms with Crippen molar-refractivity contribution >= 4 is 10.8 Å². The molecule has 1 heterocycles. The SMILES string of the molecule is COc1ccc2ccccc2c1[C@H]1CCCN1. The third kappa shape index (κ3) is 1.79. The number of hydrogen-bond acceptors (Lipinski definition) is 2. The largest absolute Gasteiger partial charge is 0.496 e. The van der Waals surface area contributed by atoms with Crippen molar-refractivity contribution in [2.75, 3.05) is 13.7 Å². The van der Waals surface area contributed by atoms with Gasteiger partial charge in [0.15, 0.2) is 0 Å². The lowest BCUT2D eigenvalue weighted by Crippen LogP contribution is -2.14. The van der Waals surface area contributed by atoms with Crippen LogP contribution in [-0.4, -0.2) is 13.7 Å². The van der Waals surface area contributed by atoms with Crippen LogP contribution in [0.2, 0.25) is 0 Å². The van der Waals surface area contributed by atoms with Crippen LogP contribution in [0.4, 0.5) is 0 Å². The maximum absolute atomic E-state index is 5.53. The smallest absolute Gasteiger partial charge is 0.124 e. The van der Waals surface area contributed by atoms with Crippen molar-refractivity contribution < 1.29 is 4.74 Å². The monoisotopic (exact) mass is 227 g/mol. The molecule has 2 nitrogen and oxygen atoms in total. The van der Waals surface area contributed by atoms with Crippen LogP contribution in [-0.2, 0) is 0 Å². The second kappa shape index (κ2) is 4.38. The Bertz CT molecular complexity index is 529. The van der Waals surface area contributed by atoms with Crippen LogP contribution in [0.3, 0.4) is 0 Å². The molecule has 0 bridgehead atoms. The Labute approximate surface area is 102 Å². The molecule has 2 aromatic carbocycles. The van der Waals surface area contributed by atoms with E-state index in [1.54, 1.807) is 7.11 Å². The first-order chi connectivity index (χ1) is 8.40. The van der Waals surface area contributed by atoms with Gasteiger partial charge < -0.3 is 10.1 Å². The predicted octanol–water partition coefficient (Wildman–Crippen LogP) is 3.27. The van der Waals surface area contributed by atoms with E-state index >= 15 is 0 Å². The summed E-state index contributed by atoms with van der Waals surface area (Å²) in [7, 11) is 1.75. The average Bonchev–Trinajstić information content (AvgIpc) is 2.91. The Morgan fingerprint density at radius 2 is 2.06 bits per heavy atom. The van der Waals surface area contributed by atoms with Crippen molar-refractivity contribution in [3.63, 3.8) is 0 Å². The Morgan fingerprint density at radius 1 is 1.18 bits per heavy atom. The summed E-state index contributed by atoms with van der Waals surface area (Å²) < 4.78 is 5.53. The van der Waals surface area contributed by atoms with Gasteiger partial charge in [0, 0.05) is 11.6 Å². The van der Waals surface area contributed by atoms with E-state index in [1.165, 1.54) is 29.2 Å². The lowest BCUT2D eigenvalue weighted by atomic mass is 9.96. The molecule has 3 rings (SSSR count). The summed E-state index contributed by atoms with van der Waals surface area (Å²) in [6, 6.07) is 13.2. The van der Waals surface area contributed by atoms with Gasteiger partial charge in [-0.2, -0.15) is 0 Å². The van der Waals surface area contributed by atoms with Crippen LogP contribution in [0.15, 0.2) is 36.4 Å². The number of rotatable bonds is 2. The predicted molar refractivity (Wildman–Crippen MR) is 70.5 cm³/mol. The van der Waals surface area contributed by atoms with Crippen molar-refractivity contribution in [1.82, 2.24) is 5.32 Å². The van der Waals surface area contributed by atoms with E-state index in [1.807, 2.05) is 0 Å². The third-order valence-corrected chi connectivity index (χ3v) is 3.56. The Balaban J connectivity index is 2.23. The third-order valence-electron chi connectivity index (χ3n) is 3.56. The second-order valence-electron chi connectivity index (χ2n) is 4.55. The summed E-state index contributed by atoms with van der Waals surface area (Å²) in [4.78, 5) is 0. The fraction of sp³-hybridized carbons (Fsp3) is 0.333. The maximum Gasteiger partial charge on any atom is 0.124 e. The minimum absolute atomic E-state index is 0.441. The molecule has 2 aromatic rings. The molecule has 2 heteroatoms. The van der Waals surface area contributed by atoms with E-state index in [-0.39, 0.29) is 0 Å². The van der Waals surface area contributed by atoms with Gasteiger partial charge >= 0.3 is 0 Å². The van der Waals surface area contributed by atoms with E-state index in [0.29, 0.717) is 6.04 Å². The minimum atomic E-state index is 0.441. The lowest BCUT2D eigenvalue weighted by Gasteiger charge is -2.17. The van der Waals surface area contributed by atoms with Crippen LogP contribution in [0.1, 0.15) is 24.4 Å². The molecule has 1 fully saturated rings. The van der Waals surface area contributed by atoms with Gasteiger partial charge in [-0.25, -0.2) is 0 Å². The number of benzene rings is 2. The van der Waals surface area contributed by atoms with Crippen molar-refractivity contribution in [3.8, 4) is 5.75 Å². The first-order valence-corrected chi connectivity index (χ1v) is 6.19. The summed E-state index contributed by atoms with van der Waals surface area (Å²) in [6.07, 6.45) is 2.45. The molecule has 0 unspecified atom stereocenters. The number of ether oxygens (including phenoxy) is 1. The highest BCUT2D eigenvalue weighted by Gasteiger charge is 2.21. The number of nitrogens with one attached hydrogen (secondary N) is 1. The first-order valence-electron chi connectivity index (χ1n) is 6.19. The summed E-state index contributed by atoms with van der Waals surface area (Å²) in [6.45, 7) is 1.11. The van der Waals surface area contributed by atoms with E-state index in [4.69, 9.17) is 4.74 Å². The Hall–Kier alpha value is -1.54. The van der Waals surface area contributed by atoms with Crippen LogP contribution in [0.25, 0.3) is 10.8 Å². The zero-order chi connectivity index (χ0) is 11.7. The first kappa shape index (κ1) is 10.6. The van der Waals surface area contributed by atoms with E-state index in [2.05, 4.69) is 41.7 Å². The Morgan fingerprint density at radius 3 is 2.82 bits per heavy atom. The van der Waals surface area contributed by atoms with Crippen molar-refractivity contribution in [2.24, 2.45) is 0 Å². The number of methoxy groups -OCH3 is 1. The van der Waals surface area contributed by atoms with Crippen molar-refractivity contribution in [1.29, 1.82) is 0 Å². The second-order valence-corrected chi connectivity index (χ2v) is 4.55. The van der Waals surface area contributed by atoms with Crippen molar-refractivity contribution in [2.45, 2.75) is 18.9 Å². The molecule has 1 aliphatic rings. The highest BCUT2D eigenvalue weighted by Crippen LogP contribution is 2.36. The molecule has 1 atom stereocenters. The zero-order valence-corrected chi connectivity index (χ0v) is 10.1. The fourth-order valence-corrected chi connectivity index (χ4v) is 2.74. The van der Waals surface area contributed by atoms with Crippen LogP contribution in [0.5, 0.6) is 5.75 Å². The minimum Gasteiger partial charge on any atom is -0.496 e. The Kier molecular flexibility index (Phi) is 2.73. The normalized spacial score (nSPS) is 19.7. The van der Waals surface area contributed by atoms with Crippen LogP contribution < -0.4 is 10.1 Å². The summed E-state index contributed by atoms with van der Waals surface area (Å²) >= 11 is 0. The van der Waals surface area contributed by atoms with E-state index < -0.39 is 0 Å². The van der Waals surface area contributed by atoms with Gasteiger partial charge in [0.25, 0.3) is 0 Å². The van der Waals surface area contributed by atoms with Crippen LogP contribution >= 0.6 is 0 Å². The quantitative estimate of drug-likeness (QED) is 0.850. The molecule has 0 radical (unpaired) electrons. The average molecular weight is 227 g/mol. The molecule has 1 N–H and O–H groups in total. The molecule has 1 saturated heterocycles. The van der Waals surface area contributed by atoms with Crippen LogP contribution in [0, 0.1) is 0 Å². The van der Waals surface area contributed by atoms with Gasteiger partial charge in [0.1, 0.15) is 5.75 Å². The van der Waals surface area contributed by atoms with E-state index in [0.717, 1.165) is 12.3 Å². The van der Waals surface area contributed by atoms with Crippen molar-refractivity contribution in [3.05, 3.63) is 42.0 Å². The standard InChI is InChI=1S/C15H17NO/c1-17-14-9-8-11-5-2-3-6-12(11)15(14)13-7-4-10-16-13/h2-3,5-6,8-9,13,16H,4,7,10H2,1H3/t13-/m1/s1. The summed E-state index contributed by atoms with van der Waals surface area (Å²) in [5, 5.41) is 6.16. The van der Waals surface area contributed by atoms with Gasteiger partial charge in [-0.3, -0.25) is 0 Å². The van der Waals surface area contributed by atoms with Gasteiger partial charge in [-0.15, -0.1) is 0 Å². The summed E-state index contributed by atoms with van der Waals surface area (Å²) in [5.41, 5.74) is 1.32. The molecule has 1 aliphatic heterocycles. The van der Waals surface area contributed by atoms with Gasteiger partial charge in [-0.1, -0.05) is 30.3 Å². The molecule has 0 aromatic heterocycles. The molecule has 0 aliphatic carbocycles. The molecule has 0 amide bonds. The topological polar surface area (TPSA) is 21.3 Å². The molecule has 17 heavy (non-hydrogen) atoms. The number of fused-ring (bicyclic) bond motifs is 1.